The summed E-state index contributed by atoms with van der Waals surface area (Å²) in [6.45, 7) is 1.74. The molecule has 0 aliphatic carbocycles. The summed E-state index contributed by atoms with van der Waals surface area (Å²) < 4.78 is 39.9. The van der Waals surface area contributed by atoms with E-state index >= 15 is 0 Å². The van der Waals surface area contributed by atoms with Crippen molar-refractivity contribution in [1.82, 2.24) is 4.90 Å². The van der Waals surface area contributed by atoms with Crippen LogP contribution in [0.5, 0.6) is 11.5 Å². The number of hydrogen-bond acceptors (Lipinski definition) is 9. The number of benzene rings is 1. The van der Waals surface area contributed by atoms with Crippen molar-refractivity contribution >= 4 is 21.4 Å². The molecule has 2 aromatic rings. The molecule has 12 heteroatoms. The molecule has 1 amide bonds. The maximum absolute atomic E-state index is 13.5. The third-order valence-electron chi connectivity index (χ3n) is 4.87. The third kappa shape index (κ3) is 4.80. The monoisotopic (exact) mass is 454 g/mol. The van der Waals surface area contributed by atoms with Crippen LogP contribution in [0.15, 0.2) is 34.9 Å². The minimum Gasteiger partial charge on any atom is -0.493 e. The maximum atomic E-state index is 13.5. The highest BCUT2D eigenvalue weighted by molar-refractivity contribution is 7.91. The highest BCUT2D eigenvalue weighted by Gasteiger charge is 2.43. The lowest BCUT2D eigenvalue weighted by atomic mass is 10.1. The van der Waals surface area contributed by atoms with Crippen LogP contribution in [0.3, 0.4) is 0 Å². The first-order valence-corrected chi connectivity index (χ1v) is 11.2. The summed E-state index contributed by atoms with van der Waals surface area (Å²) in [5.41, 5.74) is -0.859. The van der Waals surface area contributed by atoms with E-state index in [-0.39, 0.29) is 30.2 Å². The topological polar surface area (TPSA) is 149 Å². The largest absolute Gasteiger partial charge is 0.493 e. The predicted octanol–water partition coefficient (Wildman–Crippen LogP) is 1.40. The number of nitro benzene ring substituents is 1. The Kier molecular flexibility index (Phi) is 6.51. The quantitative estimate of drug-likeness (QED) is 0.461. The van der Waals surface area contributed by atoms with Crippen LogP contribution in [0, 0.1) is 10.1 Å². The molecule has 2 heterocycles. The number of aliphatic hydroxyl groups is 1. The normalized spacial score (nSPS) is 19.7. The van der Waals surface area contributed by atoms with Crippen molar-refractivity contribution in [2.24, 2.45) is 0 Å². The van der Waals surface area contributed by atoms with E-state index in [2.05, 4.69) is 0 Å². The molecule has 1 aromatic carbocycles. The highest BCUT2D eigenvalue weighted by Crippen LogP contribution is 2.36. The molecule has 0 bridgehead atoms. The van der Waals surface area contributed by atoms with E-state index in [1.165, 1.54) is 19.4 Å². The van der Waals surface area contributed by atoms with Crippen molar-refractivity contribution in [3.8, 4) is 11.5 Å². The van der Waals surface area contributed by atoms with E-state index in [0.29, 0.717) is 5.76 Å². The molecule has 2 atom stereocenters. The Morgan fingerprint density at radius 1 is 1.35 bits per heavy atom. The fraction of sp³-hybridized carbons (Fsp3) is 0.421. The molecular formula is C19H22N2O9S. The van der Waals surface area contributed by atoms with Crippen LogP contribution >= 0.6 is 0 Å². The smallest absolute Gasteiger partial charge is 0.286 e. The van der Waals surface area contributed by atoms with Gasteiger partial charge < -0.3 is 23.9 Å². The van der Waals surface area contributed by atoms with Gasteiger partial charge in [0.05, 0.1) is 61.2 Å². The number of furan rings is 1. The number of rotatable bonds is 8. The van der Waals surface area contributed by atoms with E-state index in [4.69, 9.17) is 13.9 Å². The van der Waals surface area contributed by atoms with Gasteiger partial charge in [-0.1, -0.05) is 0 Å². The second-order valence-electron chi connectivity index (χ2n) is 6.93. The van der Waals surface area contributed by atoms with Gasteiger partial charge in [0, 0.05) is 6.07 Å². The van der Waals surface area contributed by atoms with Gasteiger partial charge in [-0.15, -0.1) is 0 Å². The van der Waals surface area contributed by atoms with Crippen molar-refractivity contribution in [1.29, 1.82) is 0 Å². The van der Waals surface area contributed by atoms with Crippen molar-refractivity contribution in [2.75, 3.05) is 25.2 Å². The van der Waals surface area contributed by atoms with Crippen molar-refractivity contribution in [3.05, 3.63) is 52.0 Å². The zero-order valence-electron chi connectivity index (χ0n) is 16.9. The number of hydrogen-bond donors (Lipinski definition) is 1. The lowest BCUT2D eigenvalue weighted by Crippen LogP contribution is -2.46. The van der Waals surface area contributed by atoms with Crippen LogP contribution in [0.2, 0.25) is 0 Å². The second-order valence-corrected chi connectivity index (χ2v) is 9.09. The summed E-state index contributed by atoms with van der Waals surface area (Å²) >= 11 is 0. The Bertz CT molecular complexity index is 1070. The van der Waals surface area contributed by atoms with Gasteiger partial charge in [0.25, 0.3) is 11.6 Å². The minimum absolute atomic E-state index is 0.0752. The van der Waals surface area contributed by atoms with E-state index < -0.39 is 50.0 Å². The molecule has 1 fully saturated rings. The summed E-state index contributed by atoms with van der Waals surface area (Å²) in [7, 11) is -2.28. The molecule has 1 aliphatic rings. The van der Waals surface area contributed by atoms with E-state index in [9.17, 15) is 28.4 Å². The Labute approximate surface area is 178 Å². The first kappa shape index (κ1) is 22.6. The number of carbonyl (C=O) groups excluding carboxylic acids is 1. The lowest BCUT2D eigenvalue weighted by Gasteiger charge is -2.29. The van der Waals surface area contributed by atoms with Crippen LogP contribution in [0.25, 0.3) is 0 Å². The average Bonchev–Trinajstić information content (AvgIpc) is 3.31. The first-order chi connectivity index (χ1) is 14.7. The molecular weight excluding hydrogens is 432 g/mol. The van der Waals surface area contributed by atoms with E-state index in [1.807, 2.05) is 0 Å². The van der Waals surface area contributed by atoms with Crippen LogP contribution < -0.4 is 9.47 Å². The van der Waals surface area contributed by atoms with Crippen LogP contribution in [-0.2, 0) is 16.4 Å². The Morgan fingerprint density at radius 3 is 2.61 bits per heavy atom. The number of sulfone groups is 1. The number of carbonyl (C=O) groups is 1. The van der Waals surface area contributed by atoms with Gasteiger partial charge in [-0.05, 0) is 19.1 Å². The predicted molar refractivity (Wildman–Crippen MR) is 108 cm³/mol. The van der Waals surface area contributed by atoms with Crippen LogP contribution in [-0.4, -0.2) is 66.6 Å². The third-order valence-corrected chi connectivity index (χ3v) is 6.57. The zero-order chi connectivity index (χ0) is 22.8. The standard InChI is InChI=1S/C19H22N2O9S/c1-3-29-18-7-13(14(21(24)25)8-17(18)28-2)19(23)20(9-12-5-4-6-30-12)15-10-31(26,27)11-16(15)22/h4-8,15-16,22H,3,9-11H2,1-2H3. The number of aliphatic hydroxyl groups excluding tert-OH is 1. The molecule has 1 aromatic heterocycles. The molecule has 11 nitrogen and oxygen atoms in total. The van der Waals surface area contributed by atoms with Gasteiger partial charge >= 0.3 is 0 Å². The van der Waals surface area contributed by atoms with Gasteiger partial charge in [-0.3, -0.25) is 14.9 Å². The number of methoxy groups -OCH3 is 1. The molecule has 1 N–H and O–H groups in total. The number of ether oxygens (including phenoxy) is 2. The Hall–Kier alpha value is -3.12. The maximum Gasteiger partial charge on any atom is 0.286 e. The van der Waals surface area contributed by atoms with E-state index in [1.54, 1.807) is 19.1 Å². The minimum atomic E-state index is -3.59. The van der Waals surface area contributed by atoms with Crippen molar-refractivity contribution < 1.29 is 37.1 Å². The molecule has 0 saturated carbocycles. The van der Waals surface area contributed by atoms with Crippen LogP contribution in [0.4, 0.5) is 5.69 Å². The summed E-state index contributed by atoms with van der Waals surface area (Å²) in [6, 6.07) is 4.33. The van der Waals surface area contributed by atoms with Crippen molar-refractivity contribution in [2.45, 2.75) is 25.6 Å². The zero-order valence-corrected chi connectivity index (χ0v) is 17.7. The SMILES string of the molecule is CCOc1cc(C(=O)N(Cc2ccco2)C2CS(=O)(=O)CC2O)c([N+](=O)[O-])cc1OC. The lowest BCUT2D eigenvalue weighted by molar-refractivity contribution is -0.385. The summed E-state index contributed by atoms with van der Waals surface area (Å²) in [5.74, 6) is -1.29. The average molecular weight is 454 g/mol. The summed E-state index contributed by atoms with van der Waals surface area (Å²) in [4.78, 5) is 25.5. The Balaban J connectivity index is 2.10. The molecule has 2 unspecified atom stereocenters. The summed E-state index contributed by atoms with van der Waals surface area (Å²) in [6.07, 6.45) is 0.0376. The van der Waals surface area contributed by atoms with Gasteiger partial charge in [-0.2, -0.15) is 0 Å². The van der Waals surface area contributed by atoms with Crippen molar-refractivity contribution in [3.63, 3.8) is 0 Å². The molecule has 0 radical (unpaired) electrons. The summed E-state index contributed by atoms with van der Waals surface area (Å²) in [5, 5.41) is 22.0. The van der Waals surface area contributed by atoms with E-state index in [0.717, 1.165) is 11.0 Å². The molecule has 1 saturated heterocycles. The Morgan fingerprint density at radius 2 is 2.10 bits per heavy atom. The van der Waals surface area contributed by atoms with Gasteiger partial charge in [0.1, 0.15) is 11.3 Å². The first-order valence-electron chi connectivity index (χ1n) is 9.38. The fourth-order valence-corrected chi connectivity index (χ4v) is 5.27. The number of nitro groups is 1. The highest BCUT2D eigenvalue weighted by atomic mass is 32.2. The fourth-order valence-electron chi connectivity index (χ4n) is 3.47. The molecule has 31 heavy (non-hydrogen) atoms. The van der Waals surface area contributed by atoms with Gasteiger partial charge in [0.15, 0.2) is 21.3 Å². The van der Waals surface area contributed by atoms with Gasteiger partial charge in [-0.25, -0.2) is 8.42 Å². The molecule has 3 rings (SSSR count). The van der Waals surface area contributed by atoms with Crippen LogP contribution in [0.1, 0.15) is 23.0 Å². The van der Waals surface area contributed by atoms with Gasteiger partial charge in [0.2, 0.25) is 0 Å². The second kappa shape index (κ2) is 8.94. The molecule has 168 valence electrons. The molecule has 1 aliphatic heterocycles. The number of nitrogens with zero attached hydrogens (tertiary/aromatic N) is 2. The number of amides is 1. The molecule has 0 spiro atoms.